The van der Waals surface area contributed by atoms with E-state index in [0.29, 0.717) is 17.4 Å². The summed E-state index contributed by atoms with van der Waals surface area (Å²) in [7, 11) is 0. The van der Waals surface area contributed by atoms with Crippen LogP contribution in [0.5, 0.6) is 0 Å². The average Bonchev–Trinajstić information content (AvgIpc) is 2.83. The van der Waals surface area contributed by atoms with E-state index in [-0.39, 0.29) is 5.91 Å². The maximum Gasteiger partial charge on any atom is 0.228 e. The molecule has 1 amide bonds. The van der Waals surface area contributed by atoms with Crippen LogP contribution in [0.2, 0.25) is 0 Å². The maximum atomic E-state index is 11.8. The molecule has 0 aliphatic carbocycles. The zero-order chi connectivity index (χ0) is 13.7. The number of carbonyl (C=O) groups is 1. The van der Waals surface area contributed by atoms with Gasteiger partial charge in [0.1, 0.15) is 12.0 Å². The fraction of sp³-hybridized carbons (Fsp3) is 0.286. The lowest BCUT2D eigenvalue weighted by atomic mass is 10.1. The second-order valence-electron chi connectivity index (χ2n) is 4.45. The first-order valence-electron chi connectivity index (χ1n) is 6.08. The van der Waals surface area contributed by atoms with Gasteiger partial charge in [0.05, 0.1) is 12.6 Å². The largest absolute Gasteiger partial charge is 0.363 e. The molecule has 0 spiro atoms. The van der Waals surface area contributed by atoms with Crippen LogP contribution in [0.15, 0.2) is 46.1 Å². The van der Waals surface area contributed by atoms with Crippen molar-refractivity contribution in [3.63, 3.8) is 0 Å². The Hall–Kier alpha value is -1.75. The summed E-state index contributed by atoms with van der Waals surface area (Å²) in [5.74, 6) is -0.0764. The molecule has 1 aromatic heterocycles. The van der Waals surface area contributed by atoms with Gasteiger partial charge in [-0.3, -0.25) is 4.79 Å². The first-order valence-corrected chi connectivity index (χ1v) is 6.96. The molecule has 5 heteroatoms. The van der Waals surface area contributed by atoms with Gasteiger partial charge in [0.15, 0.2) is 0 Å². The van der Waals surface area contributed by atoms with Crippen molar-refractivity contribution >= 4 is 23.4 Å². The Kier molecular flexibility index (Phi) is 4.63. The minimum Gasteiger partial charge on any atom is -0.363 e. The van der Waals surface area contributed by atoms with Crippen LogP contribution in [-0.2, 0) is 11.2 Å². The summed E-state index contributed by atoms with van der Waals surface area (Å²) in [5, 5.41) is 6.80. The van der Waals surface area contributed by atoms with Gasteiger partial charge in [0.2, 0.25) is 5.91 Å². The Balaban J connectivity index is 1.90. The Labute approximate surface area is 116 Å². The zero-order valence-electron chi connectivity index (χ0n) is 10.9. The Morgan fingerprint density at radius 1 is 1.37 bits per heavy atom. The standard InChI is InChI=1S/C14H16N2O2S/c1-10(2)19-13-5-3-11(4-6-13)7-14(17)16-12-8-15-18-9-12/h3-6,8-10H,7H2,1-2H3,(H,16,17). The number of nitrogens with zero attached hydrogens (tertiary/aromatic N) is 1. The van der Waals surface area contributed by atoms with E-state index in [1.807, 2.05) is 36.0 Å². The normalized spacial score (nSPS) is 10.7. The summed E-state index contributed by atoms with van der Waals surface area (Å²) in [6.45, 7) is 4.32. The molecule has 2 aromatic rings. The number of anilines is 1. The van der Waals surface area contributed by atoms with Gasteiger partial charge in [-0.05, 0) is 17.7 Å². The molecule has 0 saturated heterocycles. The maximum absolute atomic E-state index is 11.8. The lowest BCUT2D eigenvalue weighted by Gasteiger charge is -2.06. The van der Waals surface area contributed by atoms with Gasteiger partial charge in [0, 0.05) is 10.1 Å². The van der Waals surface area contributed by atoms with Crippen LogP contribution >= 0.6 is 11.8 Å². The lowest BCUT2D eigenvalue weighted by molar-refractivity contribution is -0.115. The molecule has 1 aromatic carbocycles. The van der Waals surface area contributed by atoms with Crippen LogP contribution in [0.3, 0.4) is 0 Å². The summed E-state index contributed by atoms with van der Waals surface area (Å²) in [6.07, 6.45) is 3.22. The van der Waals surface area contributed by atoms with Crippen molar-refractivity contribution in [2.75, 3.05) is 5.32 Å². The first-order chi connectivity index (χ1) is 9.13. The van der Waals surface area contributed by atoms with E-state index in [0.717, 1.165) is 5.56 Å². The highest BCUT2D eigenvalue weighted by Crippen LogP contribution is 2.23. The first kappa shape index (κ1) is 13.7. The molecule has 0 radical (unpaired) electrons. The molecule has 0 aliphatic rings. The van der Waals surface area contributed by atoms with Gasteiger partial charge in [-0.25, -0.2) is 0 Å². The van der Waals surface area contributed by atoms with Crippen molar-refractivity contribution in [2.45, 2.75) is 30.4 Å². The SMILES string of the molecule is CC(C)Sc1ccc(CC(=O)Nc2cnoc2)cc1. The molecule has 100 valence electrons. The topological polar surface area (TPSA) is 55.1 Å². The Morgan fingerprint density at radius 3 is 2.68 bits per heavy atom. The predicted molar refractivity (Wildman–Crippen MR) is 76.3 cm³/mol. The molecule has 4 nitrogen and oxygen atoms in total. The molecule has 1 heterocycles. The third-order valence-corrected chi connectivity index (χ3v) is 3.39. The Bertz CT molecular complexity index is 521. The molecule has 0 unspecified atom stereocenters. The molecular weight excluding hydrogens is 260 g/mol. The van der Waals surface area contributed by atoms with E-state index in [1.54, 1.807) is 0 Å². The fourth-order valence-corrected chi connectivity index (χ4v) is 2.45. The van der Waals surface area contributed by atoms with Crippen molar-refractivity contribution in [1.29, 1.82) is 0 Å². The second-order valence-corrected chi connectivity index (χ2v) is 6.10. The van der Waals surface area contributed by atoms with Crippen molar-refractivity contribution in [2.24, 2.45) is 0 Å². The fourth-order valence-electron chi connectivity index (χ4n) is 1.62. The molecule has 0 aliphatic heterocycles. The quantitative estimate of drug-likeness (QED) is 0.851. The van der Waals surface area contributed by atoms with Gasteiger partial charge in [-0.2, -0.15) is 0 Å². The van der Waals surface area contributed by atoms with Crippen molar-refractivity contribution in [3.8, 4) is 0 Å². The van der Waals surface area contributed by atoms with E-state index in [1.165, 1.54) is 17.4 Å². The monoisotopic (exact) mass is 276 g/mol. The van der Waals surface area contributed by atoms with Gasteiger partial charge in [-0.15, -0.1) is 11.8 Å². The molecule has 2 rings (SSSR count). The lowest BCUT2D eigenvalue weighted by Crippen LogP contribution is -2.13. The van der Waals surface area contributed by atoms with Crippen LogP contribution < -0.4 is 5.32 Å². The van der Waals surface area contributed by atoms with Crippen molar-refractivity contribution in [1.82, 2.24) is 5.16 Å². The average molecular weight is 276 g/mol. The molecule has 0 saturated carbocycles. The number of aromatic nitrogens is 1. The van der Waals surface area contributed by atoms with E-state index in [4.69, 9.17) is 0 Å². The summed E-state index contributed by atoms with van der Waals surface area (Å²) in [4.78, 5) is 13.0. The summed E-state index contributed by atoms with van der Waals surface area (Å²) in [5.41, 5.74) is 1.57. The third-order valence-electron chi connectivity index (χ3n) is 2.38. The molecule has 0 bridgehead atoms. The van der Waals surface area contributed by atoms with Gasteiger partial charge >= 0.3 is 0 Å². The third kappa shape index (κ3) is 4.44. The minimum absolute atomic E-state index is 0.0764. The second kappa shape index (κ2) is 6.43. The highest BCUT2D eigenvalue weighted by molar-refractivity contribution is 7.99. The van der Waals surface area contributed by atoms with Crippen LogP contribution in [-0.4, -0.2) is 16.3 Å². The number of benzene rings is 1. The minimum atomic E-state index is -0.0764. The molecule has 1 N–H and O–H groups in total. The van der Waals surface area contributed by atoms with Crippen LogP contribution in [0.4, 0.5) is 5.69 Å². The van der Waals surface area contributed by atoms with Crippen molar-refractivity contribution in [3.05, 3.63) is 42.3 Å². The smallest absolute Gasteiger partial charge is 0.228 e. The van der Waals surface area contributed by atoms with E-state index in [2.05, 4.69) is 28.8 Å². The predicted octanol–water partition coefficient (Wildman–Crippen LogP) is 3.36. The van der Waals surface area contributed by atoms with Gasteiger partial charge < -0.3 is 9.84 Å². The molecular formula is C14H16N2O2S. The van der Waals surface area contributed by atoms with E-state index in [9.17, 15) is 4.79 Å². The van der Waals surface area contributed by atoms with Gasteiger partial charge in [0.25, 0.3) is 0 Å². The zero-order valence-corrected chi connectivity index (χ0v) is 11.7. The highest BCUT2D eigenvalue weighted by Gasteiger charge is 2.06. The number of amides is 1. The summed E-state index contributed by atoms with van der Waals surface area (Å²) >= 11 is 1.81. The molecule has 0 atom stereocenters. The number of hydrogen-bond acceptors (Lipinski definition) is 4. The van der Waals surface area contributed by atoms with Crippen LogP contribution in [0.25, 0.3) is 0 Å². The van der Waals surface area contributed by atoms with E-state index < -0.39 is 0 Å². The number of thioether (sulfide) groups is 1. The Morgan fingerprint density at radius 2 is 2.11 bits per heavy atom. The molecule has 0 fully saturated rings. The highest BCUT2D eigenvalue weighted by atomic mass is 32.2. The van der Waals surface area contributed by atoms with Gasteiger partial charge in [-0.1, -0.05) is 31.1 Å². The number of nitrogens with one attached hydrogen (secondary N) is 1. The van der Waals surface area contributed by atoms with Crippen LogP contribution in [0, 0.1) is 0 Å². The number of rotatable bonds is 5. The number of carbonyl (C=O) groups excluding carboxylic acids is 1. The molecule has 19 heavy (non-hydrogen) atoms. The summed E-state index contributed by atoms with van der Waals surface area (Å²) in [6, 6.07) is 8.06. The summed E-state index contributed by atoms with van der Waals surface area (Å²) < 4.78 is 4.65. The van der Waals surface area contributed by atoms with E-state index >= 15 is 0 Å². The van der Waals surface area contributed by atoms with Crippen LogP contribution in [0.1, 0.15) is 19.4 Å². The number of hydrogen-bond donors (Lipinski definition) is 1. The van der Waals surface area contributed by atoms with Crippen molar-refractivity contribution < 1.29 is 9.32 Å².